The fourth-order valence-electron chi connectivity index (χ4n) is 1.36. The minimum atomic E-state index is -0.726. The van der Waals surface area contributed by atoms with Gasteiger partial charge in [0.05, 0.1) is 12.2 Å². The standard InChI is InChI=1S/C13H17ClN2O3/c1-9(7-17)16-6-12(18)8-19-13-3-2-11(14)4-10(13)5-15/h2-4,9,12,16-18H,6-8H2,1H3. The largest absolute Gasteiger partial charge is 0.489 e. The van der Waals surface area contributed by atoms with Gasteiger partial charge in [-0.2, -0.15) is 5.26 Å². The number of nitrogens with zero attached hydrogens (tertiary/aromatic N) is 1. The maximum atomic E-state index is 9.69. The van der Waals surface area contributed by atoms with Crippen LogP contribution in [0.3, 0.4) is 0 Å². The zero-order valence-electron chi connectivity index (χ0n) is 10.6. The molecule has 0 aliphatic heterocycles. The number of hydrogen-bond acceptors (Lipinski definition) is 5. The molecule has 5 nitrogen and oxygen atoms in total. The summed E-state index contributed by atoms with van der Waals surface area (Å²) >= 11 is 5.77. The molecule has 0 aromatic heterocycles. The first kappa shape index (κ1) is 15.7. The Balaban J connectivity index is 2.46. The zero-order chi connectivity index (χ0) is 14.3. The van der Waals surface area contributed by atoms with Gasteiger partial charge in [0.2, 0.25) is 0 Å². The first-order chi connectivity index (χ1) is 9.06. The van der Waals surface area contributed by atoms with Crippen LogP contribution >= 0.6 is 11.6 Å². The average molecular weight is 285 g/mol. The molecule has 0 heterocycles. The number of hydrogen-bond donors (Lipinski definition) is 3. The highest BCUT2D eigenvalue weighted by Crippen LogP contribution is 2.22. The molecule has 0 saturated carbocycles. The van der Waals surface area contributed by atoms with Crippen molar-refractivity contribution in [2.75, 3.05) is 19.8 Å². The van der Waals surface area contributed by atoms with Gasteiger partial charge in [-0.15, -0.1) is 0 Å². The van der Waals surface area contributed by atoms with E-state index in [9.17, 15) is 5.11 Å². The molecule has 0 aliphatic carbocycles. The molecular weight excluding hydrogens is 268 g/mol. The Morgan fingerprint density at radius 1 is 1.53 bits per heavy atom. The molecule has 6 heteroatoms. The van der Waals surface area contributed by atoms with Crippen LogP contribution in [-0.4, -0.2) is 42.1 Å². The predicted octanol–water partition coefficient (Wildman–Crippen LogP) is 0.922. The van der Waals surface area contributed by atoms with Gasteiger partial charge in [0.15, 0.2) is 0 Å². The maximum Gasteiger partial charge on any atom is 0.137 e. The Hall–Kier alpha value is -1.32. The van der Waals surface area contributed by atoms with E-state index in [1.807, 2.05) is 6.07 Å². The Bertz CT molecular complexity index is 448. The lowest BCUT2D eigenvalue weighted by atomic mass is 10.2. The second-order valence-corrected chi connectivity index (χ2v) is 4.65. The zero-order valence-corrected chi connectivity index (χ0v) is 11.4. The topological polar surface area (TPSA) is 85.5 Å². The lowest BCUT2D eigenvalue weighted by Crippen LogP contribution is -2.38. The van der Waals surface area contributed by atoms with E-state index >= 15 is 0 Å². The van der Waals surface area contributed by atoms with Gasteiger partial charge in [0.25, 0.3) is 0 Å². The van der Waals surface area contributed by atoms with Crippen molar-refractivity contribution in [1.82, 2.24) is 5.32 Å². The first-order valence-electron chi connectivity index (χ1n) is 5.91. The highest BCUT2D eigenvalue weighted by atomic mass is 35.5. The summed E-state index contributed by atoms with van der Waals surface area (Å²) in [6.07, 6.45) is -0.726. The molecule has 0 aliphatic rings. The number of aliphatic hydroxyl groups is 2. The van der Waals surface area contributed by atoms with E-state index in [0.717, 1.165) is 0 Å². The van der Waals surface area contributed by atoms with Crippen LogP contribution in [0, 0.1) is 11.3 Å². The average Bonchev–Trinajstić information content (AvgIpc) is 2.43. The highest BCUT2D eigenvalue weighted by molar-refractivity contribution is 6.30. The number of benzene rings is 1. The quantitative estimate of drug-likeness (QED) is 0.693. The fourth-order valence-corrected chi connectivity index (χ4v) is 1.53. The Labute approximate surface area is 117 Å². The van der Waals surface area contributed by atoms with Gasteiger partial charge in [-0.25, -0.2) is 0 Å². The smallest absolute Gasteiger partial charge is 0.137 e. The number of ether oxygens (including phenoxy) is 1. The molecule has 1 rings (SSSR count). The van der Waals surface area contributed by atoms with E-state index in [1.165, 1.54) is 6.07 Å². The SMILES string of the molecule is CC(CO)NCC(O)COc1ccc(Cl)cc1C#N. The summed E-state index contributed by atoms with van der Waals surface area (Å²) in [5.41, 5.74) is 0.330. The van der Waals surface area contributed by atoms with E-state index in [2.05, 4.69) is 5.32 Å². The van der Waals surface area contributed by atoms with Crippen molar-refractivity contribution in [2.45, 2.75) is 19.1 Å². The van der Waals surface area contributed by atoms with Crippen LogP contribution in [0.1, 0.15) is 12.5 Å². The number of nitrogens with one attached hydrogen (secondary N) is 1. The van der Waals surface area contributed by atoms with E-state index in [-0.39, 0.29) is 19.3 Å². The van der Waals surface area contributed by atoms with Gasteiger partial charge in [0.1, 0.15) is 24.5 Å². The van der Waals surface area contributed by atoms with Crippen LogP contribution in [0.15, 0.2) is 18.2 Å². The van der Waals surface area contributed by atoms with Crippen molar-refractivity contribution < 1.29 is 14.9 Å². The molecule has 19 heavy (non-hydrogen) atoms. The van der Waals surface area contributed by atoms with Crippen LogP contribution in [0.2, 0.25) is 5.02 Å². The molecule has 1 aromatic carbocycles. The Morgan fingerprint density at radius 3 is 2.89 bits per heavy atom. The number of aliphatic hydroxyl groups excluding tert-OH is 2. The summed E-state index contributed by atoms with van der Waals surface area (Å²) in [6.45, 7) is 2.17. The van der Waals surface area contributed by atoms with Crippen molar-refractivity contribution in [3.8, 4) is 11.8 Å². The molecule has 2 unspecified atom stereocenters. The molecule has 2 atom stereocenters. The van der Waals surface area contributed by atoms with Gasteiger partial charge in [-0.05, 0) is 25.1 Å². The van der Waals surface area contributed by atoms with Crippen LogP contribution < -0.4 is 10.1 Å². The number of halogens is 1. The number of rotatable bonds is 7. The van der Waals surface area contributed by atoms with Crippen LogP contribution in [0.4, 0.5) is 0 Å². The van der Waals surface area contributed by atoms with E-state index in [1.54, 1.807) is 19.1 Å². The molecule has 0 amide bonds. The predicted molar refractivity (Wildman–Crippen MR) is 72.2 cm³/mol. The van der Waals surface area contributed by atoms with Gasteiger partial charge >= 0.3 is 0 Å². The Kier molecular flexibility index (Phi) is 6.60. The molecule has 0 spiro atoms. The summed E-state index contributed by atoms with van der Waals surface area (Å²) in [7, 11) is 0. The molecule has 104 valence electrons. The van der Waals surface area contributed by atoms with Gasteiger partial charge in [-0.3, -0.25) is 0 Å². The fraction of sp³-hybridized carbons (Fsp3) is 0.462. The van der Waals surface area contributed by atoms with Gasteiger partial charge in [0, 0.05) is 17.6 Å². The molecule has 0 bridgehead atoms. The second-order valence-electron chi connectivity index (χ2n) is 4.21. The third-order valence-corrected chi connectivity index (χ3v) is 2.70. The minimum Gasteiger partial charge on any atom is -0.489 e. The van der Waals surface area contributed by atoms with Crippen LogP contribution in [0.25, 0.3) is 0 Å². The van der Waals surface area contributed by atoms with Crippen molar-refractivity contribution in [2.24, 2.45) is 0 Å². The normalized spacial score (nSPS) is 13.6. The summed E-state index contributed by atoms with van der Waals surface area (Å²) in [5.74, 6) is 0.390. The minimum absolute atomic E-state index is 0.00332. The van der Waals surface area contributed by atoms with Gasteiger partial charge < -0.3 is 20.3 Å². The molecule has 1 aromatic rings. The molecule has 0 radical (unpaired) electrons. The van der Waals surface area contributed by atoms with E-state index in [0.29, 0.717) is 22.9 Å². The molecule has 0 saturated heterocycles. The Morgan fingerprint density at radius 2 is 2.26 bits per heavy atom. The summed E-state index contributed by atoms with van der Waals surface area (Å²) in [5, 5.41) is 30.8. The van der Waals surface area contributed by atoms with Crippen molar-refractivity contribution in [3.63, 3.8) is 0 Å². The van der Waals surface area contributed by atoms with Crippen LogP contribution in [-0.2, 0) is 0 Å². The first-order valence-corrected chi connectivity index (χ1v) is 6.29. The van der Waals surface area contributed by atoms with Gasteiger partial charge in [-0.1, -0.05) is 11.6 Å². The summed E-state index contributed by atoms with van der Waals surface area (Å²) < 4.78 is 5.38. The lowest BCUT2D eigenvalue weighted by Gasteiger charge is -2.16. The van der Waals surface area contributed by atoms with E-state index in [4.69, 9.17) is 26.7 Å². The van der Waals surface area contributed by atoms with E-state index < -0.39 is 6.10 Å². The maximum absolute atomic E-state index is 9.69. The third kappa shape index (κ3) is 5.45. The molecule has 0 fully saturated rings. The number of nitriles is 1. The monoisotopic (exact) mass is 284 g/mol. The highest BCUT2D eigenvalue weighted by Gasteiger charge is 2.09. The van der Waals surface area contributed by atoms with Crippen molar-refractivity contribution >= 4 is 11.6 Å². The molecule has 3 N–H and O–H groups in total. The molecular formula is C13H17ClN2O3. The summed E-state index contributed by atoms with van der Waals surface area (Å²) in [4.78, 5) is 0. The lowest BCUT2D eigenvalue weighted by molar-refractivity contribution is 0.101. The van der Waals surface area contributed by atoms with Crippen LogP contribution in [0.5, 0.6) is 5.75 Å². The summed E-state index contributed by atoms with van der Waals surface area (Å²) in [6, 6.07) is 6.62. The second kappa shape index (κ2) is 7.97. The third-order valence-electron chi connectivity index (χ3n) is 2.47. The van der Waals surface area contributed by atoms with Crippen molar-refractivity contribution in [1.29, 1.82) is 5.26 Å². The van der Waals surface area contributed by atoms with Crippen molar-refractivity contribution in [3.05, 3.63) is 28.8 Å².